The molecule has 12 rings (SSSR count). The minimum Gasteiger partial charge on any atom is -0.744 e. The number of anilines is 2. The van der Waals surface area contributed by atoms with Crippen LogP contribution in [0.4, 0.5) is 17.1 Å². The Morgan fingerprint density at radius 2 is 0.808 bits per heavy atom. The average molecular weight is 1650 g/mol. The molecule has 0 amide bonds. The summed E-state index contributed by atoms with van der Waals surface area (Å²) in [5.74, 6) is -4.97. The van der Waals surface area contributed by atoms with Crippen molar-refractivity contribution in [3.63, 3.8) is 0 Å². The normalized spacial score (nSPS) is 16.0. The fourth-order valence-corrected chi connectivity index (χ4v) is 15.3. The first kappa shape index (κ1) is 92.4. The van der Waals surface area contributed by atoms with Crippen molar-refractivity contribution in [2.45, 2.75) is 66.9 Å². The fraction of sp³-hybridized carbons (Fsp3) is 0.0769. The molecule has 1 aromatic heterocycles. The summed E-state index contributed by atoms with van der Waals surface area (Å²) in [5, 5.41) is 15.1. The van der Waals surface area contributed by atoms with Gasteiger partial charge in [0.25, 0.3) is 40.5 Å². The number of carbonyl (C=O) groups is 5. The molecule has 0 saturated carbocycles. The number of benzene rings is 6. The predicted molar refractivity (Wildman–Crippen MR) is 313 cm³/mol. The average Bonchev–Trinajstić information content (AvgIpc) is 1.60. The van der Waals surface area contributed by atoms with Gasteiger partial charge in [-0.1, -0.05) is 33.1 Å². The van der Waals surface area contributed by atoms with Gasteiger partial charge in [0.1, 0.15) is 56.0 Å². The predicted octanol–water partition coefficient (Wildman–Crippen LogP) is -11.9. The van der Waals surface area contributed by atoms with E-state index in [2.05, 4.69) is 20.6 Å². The van der Waals surface area contributed by atoms with E-state index in [1.165, 1.54) is 30.3 Å². The Labute approximate surface area is 775 Å². The van der Waals surface area contributed by atoms with Crippen molar-refractivity contribution in [1.29, 1.82) is 0 Å². The van der Waals surface area contributed by atoms with Crippen molar-refractivity contribution < 1.29 is 390 Å². The first-order valence-corrected chi connectivity index (χ1v) is 35.7. The van der Waals surface area contributed by atoms with E-state index in [9.17, 15) is 133 Å². The molecule has 5 aliphatic rings. The second-order valence-corrected chi connectivity index (χ2v) is 30.7. The number of H-pyrrole nitrogens is 1. The number of nitrogens with zero attached hydrogens (tertiary/aromatic N) is 1. The molecule has 7 aromatic rings. The van der Waals surface area contributed by atoms with E-state index in [1.807, 2.05) is 0 Å². The first-order valence-electron chi connectivity index (χ1n) is 24.3. The Morgan fingerprint density at radius 3 is 1.23 bits per heavy atom. The van der Waals surface area contributed by atoms with E-state index >= 15 is 0 Å². The van der Waals surface area contributed by atoms with Gasteiger partial charge in [0.05, 0.1) is 69.0 Å². The molecule has 47 heteroatoms. The molecule has 0 radical (unpaired) electrons. The largest absolute Gasteiger partial charge is 1.00 e. The van der Waals surface area contributed by atoms with Crippen molar-refractivity contribution >= 4 is 144 Å². The number of Topliss-reactive ketones (excluding diaryl/α,β-unsaturated/α-hetero) is 5. The maximum Gasteiger partial charge on any atom is 1.00 e. The zero-order valence-electron chi connectivity index (χ0n) is 49.3. The first-order chi connectivity index (χ1) is 42.2. The van der Waals surface area contributed by atoms with Crippen LogP contribution in [0.5, 0.6) is 5.88 Å². The summed E-state index contributed by atoms with van der Waals surface area (Å²) in [5.41, 5.74) is -4.83. The van der Waals surface area contributed by atoms with Crippen molar-refractivity contribution in [2.75, 3.05) is 10.6 Å². The SMILES string of the molecule is C.C.O=C1/C(=C2\Nc3c(cc(S(=O)(=O)O)cc3S(=O)(=O)O)C2=O)Cc2c1cc(S(=O)(=O)[O-])cc2S(=O)(=O)[O-].O=C1/C(=C2\Nc3c(cccc3S(=O)(=O)O)C2=O)Cc2c1cc(S(=O)(=O)[O-])cc2S(=O)(=O)[O-].O=C1C(c2c(O)[nH]c3ccc(S(=O)(=O)O)cc23)=Nc2ccccc21.[K+].[K+].[K+].[K+].[K+]. The van der Waals surface area contributed by atoms with E-state index in [-0.39, 0.29) is 328 Å². The summed E-state index contributed by atoms with van der Waals surface area (Å²) in [6.07, 6.45) is -1.36. The third-order valence-corrected chi connectivity index (χ3v) is 21.0. The number of para-hydroxylation sites is 2. The molecule has 0 fully saturated rings. The van der Waals surface area contributed by atoms with Gasteiger partial charge in [-0.2, -0.15) is 33.7 Å². The van der Waals surface area contributed by atoms with Crippen LogP contribution in [0.25, 0.3) is 10.9 Å². The summed E-state index contributed by atoms with van der Waals surface area (Å²) < 4.78 is 268. The van der Waals surface area contributed by atoms with Gasteiger partial charge in [0.15, 0.2) is 17.4 Å². The number of aromatic amines is 1. The van der Waals surface area contributed by atoms with Crippen LogP contribution in [-0.2, 0) is 93.8 Å². The molecule has 0 unspecified atom stereocenters. The summed E-state index contributed by atoms with van der Waals surface area (Å²) in [4.78, 5) is 63.3. The quantitative estimate of drug-likeness (QED) is 0.0378. The van der Waals surface area contributed by atoms with Crippen LogP contribution < -0.4 is 268 Å². The molecule has 2 aliphatic carbocycles. The number of hydrogen-bond acceptors (Lipinski definition) is 29. The third-order valence-electron chi connectivity index (χ3n) is 14.1. The number of aromatic nitrogens is 1. The summed E-state index contributed by atoms with van der Waals surface area (Å²) in [6.45, 7) is 0. The fourth-order valence-electron chi connectivity index (χ4n) is 10.1. The number of fused-ring (bicyclic) bond motifs is 6. The summed E-state index contributed by atoms with van der Waals surface area (Å²) in [6, 6.07) is 16.5. The molecule has 0 atom stereocenters. The number of ketones is 5. The van der Waals surface area contributed by atoms with Gasteiger partial charge in [-0.05, 0) is 90.0 Å². The van der Waals surface area contributed by atoms with Crippen molar-refractivity contribution in [3.8, 4) is 5.88 Å². The number of nitrogens with one attached hydrogen (secondary N) is 3. The van der Waals surface area contributed by atoms with E-state index in [0.29, 0.717) is 47.1 Å². The number of carbonyl (C=O) groups excluding carboxylic acids is 5. The van der Waals surface area contributed by atoms with Gasteiger partial charge in [-0.15, -0.1) is 0 Å². The van der Waals surface area contributed by atoms with E-state index in [1.54, 1.807) is 24.3 Å². The Balaban J connectivity index is 0.000000379. The van der Waals surface area contributed by atoms with Crippen LogP contribution in [0.3, 0.4) is 0 Å². The minimum absolute atomic E-state index is 0. The monoisotopic (exact) mass is 1650 g/mol. The Bertz CT molecular complexity index is 5680. The molecule has 6 aromatic carbocycles. The zero-order chi connectivity index (χ0) is 68.0. The van der Waals surface area contributed by atoms with Gasteiger partial charge < -0.3 is 38.9 Å². The van der Waals surface area contributed by atoms with E-state index in [0.717, 1.165) is 6.07 Å². The standard InChI is InChI=1S/C17H11NO14S4.C17H11NO11S3.C16H10N2O5S.2CH4.5K/c19-16-9-1-6(33(21,22)23)3-12(35(27,28)29)8(9)5-11(16)15-17(20)10-2-7(34(24,25)26)4-13(14(10)18-15)36(30,31)32;19-16-10-4-7(30(21,22)23)5-13(32(27,28)29)9(10)6-11(16)15-17(20)8-2-1-3-12(14(8)18-15)31(24,25)26;19-15-9-3-1-2-4-11(9)17-14(15)13-10-7-8(24(21,22)23)5-6-12(10)18-16(13)20;;;;;;;/h1-4,18H,5H2,(H,21,22,23)(H,24,25,26)(H,27,28,29)(H,30,31,32);1-5,18H,6H2,(H,21,22,23)(H,24,25,26)(H,27,28,29);1-7,18,20H,(H,21,22,23);2*1H4;;;;;/q;;;;;5*+1/p-4/b2*15-11-;;;;;;;;. The van der Waals surface area contributed by atoms with Crippen molar-refractivity contribution in [2.24, 2.45) is 4.99 Å². The minimum atomic E-state index is -5.44. The smallest absolute Gasteiger partial charge is 0.744 e. The van der Waals surface area contributed by atoms with E-state index < -0.39 is 202 Å². The molecule has 34 nitrogen and oxygen atoms in total. The van der Waals surface area contributed by atoms with Crippen LogP contribution in [0, 0.1) is 0 Å². The molecule has 496 valence electrons. The van der Waals surface area contributed by atoms with Crippen LogP contribution in [0.15, 0.2) is 164 Å². The molecule has 3 aliphatic heterocycles. The molecule has 99 heavy (non-hydrogen) atoms. The Kier molecular flexibility index (Phi) is 30.8. The molecule has 4 heterocycles. The third kappa shape index (κ3) is 18.7. The number of hydrogen-bond donors (Lipinski definition) is 8. The van der Waals surface area contributed by atoms with Crippen molar-refractivity contribution in [3.05, 3.63) is 164 Å². The molecule has 8 N–H and O–H groups in total. The van der Waals surface area contributed by atoms with Gasteiger partial charge in [-0.25, -0.2) is 38.7 Å². The summed E-state index contributed by atoms with van der Waals surface area (Å²) in [7, 11) is -40.8. The maximum atomic E-state index is 13.0. The number of allylic oxidation sites excluding steroid dienone is 4. The Hall–Kier alpha value is -0.778. The van der Waals surface area contributed by atoms with Gasteiger partial charge >= 0.3 is 257 Å². The van der Waals surface area contributed by atoms with Gasteiger partial charge in [-0.3, -0.25) is 42.2 Å². The summed E-state index contributed by atoms with van der Waals surface area (Å²) >= 11 is 0. The zero-order valence-corrected chi connectivity index (χ0v) is 71.5. The second-order valence-electron chi connectivity index (χ2n) is 19.6. The number of aromatic hydroxyl groups is 1. The second kappa shape index (κ2) is 33.0. The van der Waals surface area contributed by atoms with Gasteiger partial charge in [0, 0.05) is 57.1 Å². The van der Waals surface area contributed by atoms with Crippen LogP contribution in [-0.4, -0.2) is 148 Å². The molecule has 0 saturated heterocycles. The van der Waals surface area contributed by atoms with Crippen LogP contribution in [0.2, 0.25) is 0 Å². The number of rotatable bonds is 9. The molecular formula is C52H36K5N4O30S8+. The maximum absolute atomic E-state index is 13.0. The molecule has 0 bridgehead atoms. The Morgan fingerprint density at radius 1 is 0.394 bits per heavy atom. The van der Waals surface area contributed by atoms with Gasteiger partial charge in [0.2, 0.25) is 17.3 Å². The van der Waals surface area contributed by atoms with Crippen molar-refractivity contribution in [1.82, 2.24) is 4.98 Å². The van der Waals surface area contributed by atoms with Crippen LogP contribution in [0.1, 0.15) is 83.3 Å². The van der Waals surface area contributed by atoms with E-state index in [4.69, 9.17) is 0 Å². The topological polar surface area (TPSA) is 604 Å². The molecular weight excluding hydrogens is 1610 g/mol. The van der Waals surface area contributed by atoms with Crippen LogP contribution >= 0.6 is 0 Å². The molecule has 0 spiro atoms. The number of aliphatic imine (C=N–C) groups is 1.